The highest BCUT2D eigenvalue weighted by atomic mass is 16.5. The molecule has 2 atom stereocenters. The number of Topliss-reactive ketones (excluding diaryl/α,β-unsaturated/α-hetero) is 1. The van der Waals surface area contributed by atoms with Crippen molar-refractivity contribution in [2.75, 3.05) is 26.3 Å². The molecule has 0 spiro atoms. The van der Waals surface area contributed by atoms with Gasteiger partial charge in [0.15, 0.2) is 5.78 Å². The number of hydrogen-bond donors (Lipinski definition) is 1. The fourth-order valence-electron chi connectivity index (χ4n) is 3.32. The van der Waals surface area contributed by atoms with Crippen LogP contribution in [0.15, 0.2) is 47.1 Å². The summed E-state index contributed by atoms with van der Waals surface area (Å²) in [7, 11) is 0. The third-order valence-electron chi connectivity index (χ3n) is 4.61. The molecule has 0 bridgehead atoms. The standard InChI is InChI=1S/C21H27NO5/c1-16(23)20-8-2-3-9-21(20)27-15-17(24)12-22(13-18-6-4-10-25-18)14-19-7-5-11-26-19/h2-4,6,8-10,17,19,24H,5,7,11-15H2,1H3. The van der Waals surface area contributed by atoms with Gasteiger partial charge in [-0.2, -0.15) is 0 Å². The van der Waals surface area contributed by atoms with E-state index in [0.29, 0.717) is 24.4 Å². The molecule has 1 N–H and O–H groups in total. The number of carbonyl (C=O) groups excluding carboxylic acids is 1. The van der Waals surface area contributed by atoms with Crippen LogP contribution in [-0.4, -0.2) is 54.3 Å². The fourth-order valence-corrected chi connectivity index (χ4v) is 3.32. The molecule has 1 aromatic carbocycles. The summed E-state index contributed by atoms with van der Waals surface area (Å²) in [4.78, 5) is 13.8. The molecule has 0 aliphatic carbocycles. The van der Waals surface area contributed by atoms with E-state index < -0.39 is 6.10 Å². The van der Waals surface area contributed by atoms with E-state index in [-0.39, 0.29) is 18.5 Å². The summed E-state index contributed by atoms with van der Waals surface area (Å²) in [5, 5.41) is 10.5. The average Bonchev–Trinajstić information content (AvgIpc) is 3.34. The van der Waals surface area contributed by atoms with E-state index in [2.05, 4.69) is 4.90 Å². The first kappa shape index (κ1) is 19.6. The van der Waals surface area contributed by atoms with E-state index in [0.717, 1.165) is 31.8 Å². The minimum atomic E-state index is -0.693. The molecule has 1 aliphatic rings. The van der Waals surface area contributed by atoms with Crippen molar-refractivity contribution >= 4 is 5.78 Å². The molecule has 6 nitrogen and oxygen atoms in total. The van der Waals surface area contributed by atoms with Crippen LogP contribution in [0.5, 0.6) is 5.75 Å². The van der Waals surface area contributed by atoms with E-state index in [9.17, 15) is 9.90 Å². The lowest BCUT2D eigenvalue weighted by molar-refractivity contribution is 0.0289. The van der Waals surface area contributed by atoms with Gasteiger partial charge < -0.3 is 19.0 Å². The second-order valence-corrected chi connectivity index (χ2v) is 6.93. The first-order valence-corrected chi connectivity index (χ1v) is 9.39. The molecule has 3 rings (SSSR count). The molecule has 1 aliphatic heterocycles. The maximum Gasteiger partial charge on any atom is 0.163 e. The molecule has 2 unspecified atom stereocenters. The number of carbonyl (C=O) groups is 1. The molecule has 0 saturated carbocycles. The molecular weight excluding hydrogens is 346 g/mol. The molecule has 6 heteroatoms. The first-order valence-electron chi connectivity index (χ1n) is 9.39. The van der Waals surface area contributed by atoms with Gasteiger partial charge in [0.25, 0.3) is 0 Å². The lowest BCUT2D eigenvalue weighted by Gasteiger charge is -2.26. The zero-order valence-electron chi connectivity index (χ0n) is 15.7. The Balaban J connectivity index is 1.56. The van der Waals surface area contributed by atoms with E-state index >= 15 is 0 Å². The van der Waals surface area contributed by atoms with E-state index in [1.165, 1.54) is 6.92 Å². The maximum absolute atomic E-state index is 11.7. The van der Waals surface area contributed by atoms with Crippen molar-refractivity contribution in [3.63, 3.8) is 0 Å². The van der Waals surface area contributed by atoms with Crippen LogP contribution in [0.25, 0.3) is 0 Å². The van der Waals surface area contributed by atoms with Crippen molar-refractivity contribution in [1.29, 1.82) is 0 Å². The van der Waals surface area contributed by atoms with Crippen LogP contribution in [0, 0.1) is 0 Å². The molecule has 27 heavy (non-hydrogen) atoms. The Hall–Kier alpha value is -2.15. The Morgan fingerprint density at radius 2 is 2.19 bits per heavy atom. The van der Waals surface area contributed by atoms with Gasteiger partial charge in [0.2, 0.25) is 0 Å². The summed E-state index contributed by atoms with van der Waals surface area (Å²) in [6.07, 6.45) is 3.26. The van der Waals surface area contributed by atoms with Crippen LogP contribution in [0.4, 0.5) is 0 Å². The second kappa shape index (κ2) is 9.69. The van der Waals surface area contributed by atoms with Crippen LogP contribution in [0.2, 0.25) is 0 Å². The Morgan fingerprint density at radius 1 is 1.33 bits per heavy atom. The predicted molar refractivity (Wildman–Crippen MR) is 101 cm³/mol. The van der Waals surface area contributed by atoms with Gasteiger partial charge in [0.1, 0.15) is 24.2 Å². The van der Waals surface area contributed by atoms with Crippen molar-refractivity contribution in [2.24, 2.45) is 0 Å². The predicted octanol–water partition coefficient (Wildman–Crippen LogP) is 2.90. The summed E-state index contributed by atoms with van der Waals surface area (Å²) >= 11 is 0. The van der Waals surface area contributed by atoms with E-state index in [4.69, 9.17) is 13.9 Å². The van der Waals surface area contributed by atoms with Crippen LogP contribution in [0.1, 0.15) is 35.9 Å². The normalized spacial score (nSPS) is 18.0. The van der Waals surface area contributed by atoms with Gasteiger partial charge in [0, 0.05) is 19.7 Å². The van der Waals surface area contributed by atoms with Gasteiger partial charge >= 0.3 is 0 Å². The second-order valence-electron chi connectivity index (χ2n) is 6.93. The van der Waals surface area contributed by atoms with Crippen LogP contribution >= 0.6 is 0 Å². The zero-order chi connectivity index (χ0) is 19.1. The number of ether oxygens (including phenoxy) is 2. The molecule has 0 amide bonds. The minimum Gasteiger partial charge on any atom is -0.490 e. The third kappa shape index (κ3) is 5.92. The Morgan fingerprint density at radius 3 is 2.89 bits per heavy atom. The van der Waals surface area contributed by atoms with Gasteiger partial charge in [-0.1, -0.05) is 12.1 Å². The summed E-state index contributed by atoms with van der Waals surface area (Å²) in [6.45, 7) is 4.20. The van der Waals surface area contributed by atoms with Gasteiger partial charge in [-0.05, 0) is 44.0 Å². The number of nitrogens with zero attached hydrogens (tertiary/aromatic N) is 1. The van der Waals surface area contributed by atoms with Crippen molar-refractivity contribution < 1.29 is 23.8 Å². The molecule has 2 aromatic rings. The highest BCUT2D eigenvalue weighted by Gasteiger charge is 2.22. The number of para-hydroxylation sites is 1. The number of aliphatic hydroxyl groups excluding tert-OH is 1. The van der Waals surface area contributed by atoms with Gasteiger partial charge in [0.05, 0.1) is 24.5 Å². The molecule has 1 aromatic heterocycles. The number of ketones is 1. The van der Waals surface area contributed by atoms with Gasteiger partial charge in [-0.15, -0.1) is 0 Å². The monoisotopic (exact) mass is 373 g/mol. The first-order chi connectivity index (χ1) is 13.1. The number of rotatable bonds is 10. The molecule has 0 radical (unpaired) electrons. The number of furan rings is 1. The molecule has 1 saturated heterocycles. The summed E-state index contributed by atoms with van der Waals surface area (Å²) < 4.78 is 16.9. The number of benzene rings is 1. The van der Waals surface area contributed by atoms with E-state index in [1.807, 2.05) is 18.2 Å². The molecule has 1 fully saturated rings. The SMILES string of the molecule is CC(=O)c1ccccc1OCC(O)CN(Cc1ccco1)CC1CCCO1. The van der Waals surface area contributed by atoms with Gasteiger partial charge in [-0.3, -0.25) is 9.69 Å². The highest BCUT2D eigenvalue weighted by molar-refractivity contribution is 5.96. The topological polar surface area (TPSA) is 72.1 Å². The lowest BCUT2D eigenvalue weighted by Crippen LogP contribution is -2.39. The summed E-state index contributed by atoms with van der Waals surface area (Å²) in [5.41, 5.74) is 0.525. The number of aliphatic hydroxyl groups is 1. The zero-order valence-corrected chi connectivity index (χ0v) is 15.7. The average molecular weight is 373 g/mol. The minimum absolute atomic E-state index is 0.0575. The number of hydrogen-bond acceptors (Lipinski definition) is 6. The Kier molecular flexibility index (Phi) is 7.04. The van der Waals surface area contributed by atoms with Crippen LogP contribution < -0.4 is 4.74 Å². The lowest BCUT2D eigenvalue weighted by atomic mass is 10.1. The Bertz CT molecular complexity index is 709. The van der Waals surface area contributed by atoms with E-state index in [1.54, 1.807) is 24.5 Å². The Labute approximate surface area is 159 Å². The summed E-state index contributed by atoms with van der Waals surface area (Å²) in [5.74, 6) is 1.29. The van der Waals surface area contributed by atoms with Gasteiger partial charge in [-0.25, -0.2) is 0 Å². The molecular formula is C21H27NO5. The van der Waals surface area contributed by atoms with Crippen LogP contribution in [0.3, 0.4) is 0 Å². The molecule has 146 valence electrons. The molecule has 2 heterocycles. The largest absolute Gasteiger partial charge is 0.490 e. The van der Waals surface area contributed by atoms with Crippen molar-refractivity contribution in [2.45, 2.75) is 38.5 Å². The third-order valence-corrected chi connectivity index (χ3v) is 4.61. The summed E-state index contributed by atoms with van der Waals surface area (Å²) in [6, 6.07) is 10.9. The quantitative estimate of drug-likeness (QED) is 0.646. The van der Waals surface area contributed by atoms with Crippen molar-refractivity contribution in [3.05, 3.63) is 54.0 Å². The smallest absolute Gasteiger partial charge is 0.163 e. The fraction of sp³-hybridized carbons (Fsp3) is 0.476. The maximum atomic E-state index is 11.7. The van der Waals surface area contributed by atoms with Crippen LogP contribution in [-0.2, 0) is 11.3 Å². The van der Waals surface area contributed by atoms with Crippen molar-refractivity contribution in [3.8, 4) is 5.75 Å². The highest BCUT2D eigenvalue weighted by Crippen LogP contribution is 2.19. The van der Waals surface area contributed by atoms with Crippen molar-refractivity contribution in [1.82, 2.24) is 4.90 Å².